The van der Waals surface area contributed by atoms with Crippen molar-refractivity contribution >= 4 is 27.4 Å². The second kappa shape index (κ2) is 7.67. The maximum atomic E-state index is 12.6. The van der Waals surface area contributed by atoms with Crippen molar-refractivity contribution in [2.24, 2.45) is 0 Å². The second-order valence-electron chi connectivity index (χ2n) is 7.15. The van der Waals surface area contributed by atoms with E-state index in [0.717, 1.165) is 0 Å². The molecule has 2 N–H and O–H groups in total. The number of aryl methyl sites for hydroxylation is 1. The third kappa shape index (κ3) is 3.92. The van der Waals surface area contributed by atoms with Crippen molar-refractivity contribution in [2.45, 2.75) is 26.3 Å². The van der Waals surface area contributed by atoms with Crippen molar-refractivity contribution in [2.75, 3.05) is 16.6 Å². The van der Waals surface area contributed by atoms with Gasteiger partial charge in [-0.25, -0.2) is 0 Å². The van der Waals surface area contributed by atoms with Gasteiger partial charge in [0.25, 0.3) is 0 Å². The lowest BCUT2D eigenvalue weighted by Crippen LogP contribution is -2.21. The summed E-state index contributed by atoms with van der Waals surface area (Å²) in [5.74, 6) is -0.0162. The molecule has 0 unspecified atom stereocenters. The Hall–Kier alpha value is -2.87. The summed E-state index contributed by atoms with van der Waals surface area (Å²) in [5.41, 5.74) is 2.78. The van der Waals surface area contributed by atoms with E-state index in [1.807, 2.05) is 6.92 Å². The minimum Gasteiger partial charge on any atom is -0.406 e. The summed E-state index contributed by atoms with van der Waals surface area (Å²) in [6.45, 7) is 2.81. The molecule has 31 heavy (non-hydrogen) atoms. The van der Waals surface area contributed by atoms with Crippen LogP contribution in [0.1, 0.15) is 18.9 Å². The van der Waals surface area contributed by atoms with E-state index in [9.17, 15) is 27.5 Å². The monoisotopic (exact) mass is 451 g/mol. The molecule has 0 aliphatic carbocycles. The highest BCUT2D eigenvalue weighted by atomic mass is 32.3. The van der Waals surface area contributed by atoms with Crippen molar-refractivity contribution in [3.63, 3.8) is 0 Å². The second-order valence-corrected chi connectivity index (χ2v) is 9.26. The molecule has 164 valence electrons. The predicted molar refractivity (Wildman–Crippen MR) is 114 cm³/mol. The summed E-state index contributed by atoms with van der Waals surface area (Å²) < 4.78 is 65.7. The largest absolute Gasteiger partial charge is 0.573 e. The molecule has 6 nitrogen and oxygen atoms in total. The number of hydrogen-bond donors (Lipinski definition) is 2. The minimum atomic E-state index is -4.81. The van der Waals surface area contributed by atoms with Gasteiger partial charge < -0.3 is 9.30 Å². The Morgan fingerprint density at radius 1 is 1.16 bits per heavy atom. The fourth-order valence-corrected chi connectivity index (χ4v) is 5.63. The molecule has 1 aliphatic heterocycles. The van der Waals surface area contributed by atoms with Gasteiger partial charge in [-0.05, 0) is 43.2 Å². The molecule has 4 rings (SSSR count). The van der Waals surface area contributed by atoms with Crippen molar-refractivity contribution in [1.82, 2.24) is 4.57 Å². The molecule has 3 aromatic rings. The highest BCUT2D eigenvalue weighted by Gasteiger charge is 2.32. The van der Waals surface area contributed by atoms with E-state index in [1.54, 1.807) is 33.1 Å². The molecule has 1 fully saturated rings. The van der Waals surface area contributed by atoms with E-state index >= 15 is 0 Å². The predicted octanol–water partition coefficient (Wildman–Crippen LogP) is 5.97. The Labute approximate surface area is 178 Å². The fourth-order valence-electron chi connectivity index (χ4n) is 4.01. The Morgan fingerprint density at radius 2 is 1.87 bits per heavy atom. The van der Waals surface area contributed by atoms with Gasteiger partial charge in [0, 0.05) is 24.5 Å². The van der Waals surface area contributed by atoms with Crippen LogP contribution in [0.25, 0.3) is 22.2 Å². The van der Waals surface area contributed by atoms with E-state index in [4.69, 9.17) is 0 Å². The topological polar surface area (TPSA) is 81.6 Å². The number of nitrogens with zero attached hydrogens (tertiary/aromatic N) is 3. The van der Waals surface area contributed by atoms with Gasteiger partial charge in [0.1, 0.15) is 11.8 Å². The van der Waals surface area contributed by atoms with Gasteiger partial charge in [0.2, 0.25) is 0 Å². The number of rotatable bonds is 4. The van der Waals surface area contributed by atoms with Crippen molar-refractivity contribution < 1.29 is 27.0 Å². The maximum Gasteiger partial charge on any atom is 0.573 e. The van der Waals surface area contributed by atoms with E-state index in [2.05, 4.69) is 10.8 Å². The Bertz CT molecular complexity index is 1170. The van der Waals surface area contributed by atoms with Gasteiger partial charge in [0.05, 0.1) is 28.2 Å². The highest BCUT2D eigenvalue weighted by molar-refractivity contribution is 8.25. The van der Waals surface area contributed by atoms with Crippen LogP contribution in [0.4, 0.5) is 18.9 Å². The molecule has 1 aliphatic rings. The number of anilines is 1. The summed E-state index contributed by atoms with van der Waals surface area (Å²) in [7, 11) is -2.81. The summed E-state index contributed by atoms with van der Waals surface area (Å²) in [5, 5.41) is 10.3. The third-order valence-electron chi connectivity index (χ3n) is 5.26. The minimum absolute atomic E-state index is 0.333. The molecular formula is C21H20F3N3O3S. The summed E-state index contributed by atoms with van der Waals surface area (Å²) >= 11 is 0. The summed E-state index contributed by atoms with van der Waals surface area (Å²) in [6.07, 6.45) is -4.12. The number of alkyl halides is 3. The standard InChI is InChI=1S/C21H20F3N3O3S/c1-2-26-19-12-16(30-21(22,23)24)8-9-17(19)18(13-25)20(26)14-4-6-15(7-5-14)27-10-3-11-31(27,28)29/h4-9,12,28-29H,2-3,10-11H2,1H3. The molecule has 10 heteroatoms. The van der Waals surface area contributed by atoms with Crippen LogP contribution in [-0.2, 0) is 6.54 Å². The molecule has 0 spiro atoms. The number of hydrogen-bond acceptors (Lipinski definition) is 5. The SMILES string of the molecule is CCn1c(-c2ccc(N3CCCS3(O)O)cc2)c(C#N)c2ccc(OC(F)(F)F)cc21. The van der Waals surface area contributed by atoms with Crippen LogP contribution in [0.5, 0.6) is 5.75 Å². The molecule has 0 amide bonds. The van der Waals surface area contributed by atoms with Gasteiger partial charge in [-0.1, -0.05) is 12.1 Å². The van der Waals surface area contributed by atoms with Gasteiger partial charge in [-0.15, -0.1) is 23.9 Å². The zero-order chi connectivity index (χ0) is 22.4. The van der Waals surface area contributed by atoms with Gasteiger partial charge in [0.15, 0.2) is 0 Å². The molecule has 0 atom stereocenters. The van der Waals surface area contributed by atoms with Gasteiger partial charge in [-0.3, -0.25) is 13.4 Å². The average Bonchev–Trinajstić information content (AvgIpc) is 3.22. The highest BCUT2D eigenvalue weighted by Crippen LogP contribution is 2.51. The molecule has 2 aromatic carbocycles. The maximum absolute atomic E-state index is 12.6. The van der Waals surface area contributed by atoms with Crippen LogP contribution in [-0.4, -0.2) is 32.3 Å². The number of ether oxygens (including phenoxy) is 1. The normalized spacial score (nSPS) is 17.0. The van der Waals surface area contributed by atoms with Crippen LogP contribution in [0.15, 0.2) is 42.5 Å². The lowest BCUT2D eigenvalue weighted by Gasteiger charge is -2.38. The number of fused-ring (bicyclic) bond motifs is 1. The number of halogens is 3. The number of nitriles is 1. The first kappa shape index (κ1) is 21.4. The molecule has 0 saturated carbocycles. The molecule has 1 saturated heterocycles. The first-order valence-corrected chi connectivity index (χ1v) is 11.3. The number of aromatic nitrogens is 1. The van der Waals surface area contributed by atoms with Crippen LogP contribution in [0, 0.1) is 11.3 Å². The van der Waals surface area contributed by atoms with E-state index < -0.39 is 17.1 Å². The molecule has 1 aromatic heterocycles. The van der Waals surface area contributed by atoms with E-state index in [1.165, 1.54) is 18.2 Å². The van der Waals surface area contributed by atoms with Crippen molar-refractivity contribution in [3.8, 4) is 23.1 Å². The van der Waals surface area contributed by atoms with E-state index in [0.29, 0.717) is 58.7 Å². The van der Waals surface area contributed by atoms with Crippen LogP contribution >= 0.6 is 10.8 Å². The van der Waals surface area contributed by atoms with Crippen LogP contribution in [0.3, 0.4) is 0 Å². The van der Waals surface area contributed by atoms with Crippen LogP contribution < -0.4 is 9.04 Å². The molecule has 2 heterocycles. The zero-order valence-corrected chi connectivity index (χ0v) is 17.4. The first-order chi connectivity index (χ1) is 14.6. The molecule has 0 bridgehead atoms. The Morgan fingerprint density at radius 3 is 2.42 bits per heavy atom. The first-order valence-electron chi connectivity index (χ1n) is 9.60. The Balaban J connectivity index is 1.80. The third-order valence-corrected chi connectivity index (χ3v) is 7.19. The van der Waals surface area contributed by atoms with Gasteiger partial charge >= 0.3 is 6.36 Å². The lowest BCUT2D eigenvalue weighted by molar-refractivity contribution is -0.274. The quantitative estimate of drug-likeness (QED) is 0.510. The van der Waals surface area contributed by atoms with Gasteiger partial charge in [-0.2, -0.15) is 5.26 Å². The smallest absolute Gasteiger partial charge is 0.406 e. The Kier molecular flexibility index (Phi) is 5.29. The molecular weight excluding hydrogens is 431 g/mol. The molecule has 0 radical (unpaired) electrons. The van der Waals surface area contributed by atoms with Crippen LogP contribution in [0.2, 0.25) is 0 Å². The number of benzene rings is 2. The average molecular weight is 451 g/mol. The summed E-state index contributed by atoms with van der Waals surface area (Å²) in [6, 6.07) is 13.2. The lowest BCUT2D eigenvalue weighted by atomic mass is 10.1. The zero-order valence-electron chi connectivity index (χ0n) is 16.6. The van der Waals surface area contributed by atoms with Crippen molar-refractivity contribution in [3.05, 3.63) is 48.0 Å². The summed E-state index contributed by atoms with van der Waals surface area (Å²) in [4.78, 5) is 0. The fraction of sp³-hybridized carbons (Fsp3) is 0.286. The van der Waals surface area contributed by atoms with Crippen molar-refractivity contribution in [1.29, 1.82) is 5.26 Å². The van der Waals surface area contributed by atoms with E-state index in [-0.39, 0.29) is 5.75 Å².